The van der Waals surface area contributed by atoms with Gasteiger partial charge in [0.05, 0.1) is 12.8 Å². The average molecular weight is 347 g/mol. The van der Waals surface area contributed by atoms with Gasteiger partial charge >= 0.3 is 0 Å². The van der Waals surface area contributed by atoms with Crippen molar-refractivity contribution in [3.8, 4) is 5.75 Å². The molecular formula is C16H15BrN2O2. The predicted molar refractivity (Wildman–Crippen MR) is 86.8 cm³/mol. The highest BCUT2D eigenvalue weighted by Gasteiger charge is 2.06. The van der Waals surface area contributed by atoms with Gasteiger partial charge in [-0.3, -0.25) is 4.79 Å². The Kier molecular flexibility index (Phi) is 5.11. The van der Waals surface area contributed by atoms with E-state index in [-0.39, 0.29) is 5.91 Å². The molecular weight excluding hydrogens is 332 g/mol. The summed E-state index contributed by atoms with van der Waals surface area (Å²) in [6.07, 6.45) is 0. The maximum absolute atomic E-state index is 12.0. The van der Waals surface area contributed by atoms with Crippen LogP contribution in [0.15, 0.2) is 58.1 Å². The molecule has 0 aliphatic heterocycles. The molecule has 0 unspecified atom stereocenters. The Labute approximate surface area is 132 Å². The van der Waals surface area contributed by atoms with Gasteiger partial charge < -0.3 is 4.74 Å². The molecule has 0 spiro atoms. The summed E-state index contributed by atoms with van der Waals surface area (Å²) in [5, 5.41) is 4.12. The molecule has 5 heteroatoms. The molecule has 0 saturated carbocycles. The Morgan fingerprint density at radius 3 is 2.57 bits per heavy atom. The van der Waals surface area contributed by atoms with Gasteiger partial charge in [-0.15, -0.1) is 0 Å². The molecule has 1 amide bonds. The lowest BCUT2D eigenvalue weighted by Gasteiger charge is -2.05. The van der Waals surface area contributed by atoms with Crippen molar-refractivity contribution >= 4 is 27.5 Å². The lowest BCUT2D eigenvalue weighted by Crippen LogP contribution is -2.19. The highest BCUT2D eigenvalue weighted by molar-refractivity contribution is 9.10. The quantitative estimate of drug-likeness (QED) is 0.679. The topological polar surface area (TPSA) is 50.7 Å². The van der Waals surface area contributed by atoms with Crippen molar-refractivity contribution in [1.82, 2.24) is 5.43 Å². The fraction of sp³-hybridized carbons (Fsp3) is 0.125. The Hall–Kier alpha value is -2.14. The highest BCUT2D eigenvalue weighted by atomic mass is 79.9. The summed E-state index contributed by atoms with van der Waals surface area (Å²) in [5.74, 6) is 0.360. The van der Waals surface area contributed by atoms with Gasteiger partial charge in [0.2, 0.25) is 0 Å². The molecule has 21 heavy (non-hydrogen) atoms. The Balaban J connectivity index is 2.10. The van der Waals surface area contributed by atoms with Crippen LogP contribution in [0.4, 0.5) is 0 Å². The second-order valence-electron chi connectivity index (χ2n) is 4.38. The molecule has 0 saturated heterocycles. The molecule has 2 aromatic rings. The Bertz CT molecular complexity index is 683. The van der Waals surface area contributed by atoms with Crippen molar-refractivity contribution in [1.29, 1.82) is 0 Å². The van der Waals surface area contributed by atoms with Gasteiger partial charge in [-0.05, 0) is 42.8 Å². The first-order valence-corrected chi connectivity index (χ1v) is 7.14. The maximum Gasteiger partial charge on any atom is 0.271 e. The number of nitrogens with zero attached hydrogens (tertiary/aromatic N) is 1. The van der Waals surface area contributed by atoms with Crippen LogP contribution in [-0.2, 0) is 0 Å². The molecule has 0 heterocycles. The van der Waals surface area contributed by atoms with Crippen LogP contribution in [-0.4, -0.2) is 18.7 Å². The van der Waals surface area contributed by atoms with E-state index >= 15 is 0 Å². The zero-order valence-electron chi connectivity index (χ0n) is 11.8. The molecule has 4 nitrogen and oxygen atoms in total. The molecule has 0 fully saturated rings. The smallest absolute Gasteiger partial charge is 0.271 e. The fourth-order valence-electron chi connectivity index (χ4n) is 1.74. The Morgan fingerprint density at radius 1 is 1.14 bits per heavy atom. The van der Waals surface area contributed by atoms with Gasteiger partial charge in [0.15, 0.2) is 0 Å². The summed E-state index contributed by atoms with van der Waals surface area (Å²) in [4.78, 5) is 12.0. The Morgan fingerprint density at radius 2 is 1.86 bits per heavy atom. The van der Waals surface area contributed by atoms with Gasteiger partial charge in [-0.2, -0.15) is 5.10 Å². The number of hydrazone groups is 1. The van der Waals surface area contributed by atoms with Crippen LogP contribution in [0, 0.1) is 0 Å². The monoisotopic (exact) mass is 346 g/mol. The third-order valence-electron chi connectivity index (χ3n) is 2.90. The zero-order chi connectivity index (χ0) is 15.2. The van der Waals surface area contributed by atoms with Crippen molar-refractivity contribution in [3.63, 3.8) is 0 Å². The van der Waals surface area contributed by atoms with Gasteiger partial charge in [0.1, 0.15) is 5.75 Å². The molecule has 0 aromatic heterocycles. The summed E-state index contributed by atoms with van der Waals surface area (Å²) < 4.78 is 6.06. The third-order valence-corrected chi connectivity index (χ3v) is 3.39. The van der Waals surface area contributed by atoms with Gasteiger partial charge in [-0.25, -0.2) is 5.43 Å². The first-order valence-electron chi connectivity index (χ1n) is 6.35. The average Bonchev–Trinajstić information content (AvgIpc) is 2.52. The highest BCUT2D eigenvalue weighted by Crippen LogP contribution is 2.13. The zero-order valence-corrected chi connectivity index (χ0v) is 13.3. The van der Waals surface area contributed by atoms with E-state index in [0.717, 1.165) is 15.7 Å². The predicted octanol–water partition coefficient (Wildman–Crippen LogP) is 3.61. The van der Waals surface area contributed by atoms with E-state index in [1.807, 2.05) is 31.2 Å². The van der Waals surface area contributed by atoms with Gasteiger partial charge in [0.25, 0.3) is 5.91 Å². The van der Waals surface area contributed by atoms with Crippen LogP contribution in [0.2, 0.25) is 0 Å². The number of carbonyl (C=O) groups excluding carboxylic acids is 1. The van der Waals surface area contributed by atoms with E-state index in [2.05, 4.69) is 26.5 Å². The van der Waals surface area contributed by atoms with Crippen molar-refractivity contribution in [2.45, 2.75) is 6.92 Å². The minimum absolute atomic E-state index is 0.275. The SMILES string of the molecule is COc1cccc(C(=O)N/N=C(\C)c2cccc(Br)c2)c1. The van der Waals surface area contributed by atoms with Crippen molar-refractivity contribution < 1.29 is 9.53 Å². The number of ether oxygens (including phenoxy) is 1. The standard InChI is InChI=1S/C16H15BrN2O2/c1-11(12-5-3-7-14(17)9-12)18-19-16(20)13-6-4-8-15(10-13)21-2/h3-10H,1-2H3,(H,19,20)/b18-11+. The second kappa shape index (κ2) is 7.04. The molecule has 0 bridgehead atoms. The van der Waals surface area contributed by atoms with E-state index in [0.29, 0.717) is 11.3 Å². The third kappa shape index (κ3) is 4.16. The van der Waals surface area contributed by atoms with Crippen molar-refractivity contribution in [2.24, 2.45) is 5.10 Å². The lowest BCUT2D eigenvalue weighted by atomic mass is 10.1. The van der Waals surface area contributed by atoms with Crippen molar-refractivity contribution in [3.05, 3.63) is 64.1 Å². The largest absolute Gasteiger partial charge is 0.497 e. The summed E-state index contributed by atoms with van der Waals surface area (Å²) in [6.45, 7) is 1.84. The summed E-state index contributed by atoms with van der Waals surface area (Å²) >= 11 is 3.41. The van der Waals surface area contributed by atoms with E-state index in [4.69, 9.17) is 4.74 Å². The molecule has 2 rings (SSSR count). The fourth-order valence-corrected chi connectivity index (χ4v) is 2.14. The molecule has 0 atom stereocenters. The first-order chi connectivity index (χ1) is 10.1. The van der Waals surface area contributed by atoms with E-state index in [1.165, 1.54) is 0 Å². The van der Waals surface area contributed by atoms with Gasteiger partial charge in [0, 0.05) is 10.0 Å². The van der Waals surface area contributed by atoms with Crippen molar-refractivity contribution in [2.75, 3.05) is 7.11 Å². The number of benzene rings is 2. The normalized spacial score (nSPS) is 11.1. The number of hydrogen-bond donors (Lipinski definition) is 1. The summed E-state index contributed by atoms with van der Waals surface area (Å²) in [6, 6.07) is 14.7. The summed E-state index contributed by atoms with van der Waals surface area (Å²) in [5.41, 5.74) is 4.72. The van der Waals surface area contributed by atoms with E-state index < -0.39 is 0 Å². The number of halogens is 1. The minimum atomic E-state index is -0.275. The molecule has 2 aromatic carbocycles. The number of rotatable bonds is 4. The number of methoxy groups -OCH3 is 1. The molecule has 0 aliphatic carbocycles. The molecule has 0 aliphatic rings. The molecule has 0 radical (unpaired) electrons. The van der Waals surface area contributed by atoms with Crippen LogP contribution in [0.25, 0.3) is 0 Å². The number of amides is 1. The van der Waals surface area contributed by atoms with Gasteiger partial charge in [-0.1, -0.05) is 34.1 Å². The molecule has 108 valence electrons. The number of carbonyl (C=O) groups is 1. The van der Waals surface area contributed by atoms with Crippen LogP contribution < -0.4 is 10.2 Å². The maximum atomic E-state index is 12.0. The second-order valence-corrected chi connectivity index (χ2v) is 5.30. The van der Waals surface area contributed by atoms with Crippen LogP contribution in [0.1, 0.15) is 22.8 Å². The van der Waals surface area contributed by atoms with E-state index in [1.54, 1.807) is 31.4 Å². The number of nitrogens with one attached hydrogen (secondary N) is 1. The molecule has 1 N–H and O–H groups in total. The van der Waals surface area contributed by atoms with Crippen LogP contribution in [0.3, 0.4) is 0 Å². The minimum Gasteiger partial charge on any atom is -0.497 e. The first kappa shape index (κ1) is 15.3. The van der Waals surface area contributed by atoms with E-state index in [9.17, 15) is 4.79 Å². The lowest BCUT2D eigenvalue weighted by molar-refractivity contribution is 0.0954. The van der Waals surface area contributed by atoms with Crippen LogP contribution in [0.5, 0.6) is 5.75 Å². The summed E-state index contributed by atoms with van der Waals surface area (Å²) in [7, 11) is 1.56. The number of hydrogen-bond acceptors (Lipinski definition) is 3. The van der Waals surface area contributed by atoms with Crippen LogP contribution >= 0.6 is 15.9 Å².